The van der Waals surface area contributed by atoms with Crippen LogP contribution in [0, 0.1) is 5.82 Å². The van der Waals surface area contributed by atoms with Crippen LogP contribution in [0.25, 0.3) is 0 Å². The Morgan fingerprint density at radius 3 is 2.54 bits per heavy atom. The second-order valence-electron chi connectivity index (χ2n) is 6.09. The molecule has 0 radical (unpaired) electrons. The summed E-state index contributed by atoms with van der Waals surface area (Å²) in [5.41, 5.74) is 7.93. The van der Waals surface area contributed by atoms with Crippen LogP contribution in [0.3, 0.4) is 0 Å². The molecule has 1 aliphatic heterocycles. The summed E-state index contributed by atoms with van der Waals surface area (Å²) in [5, 5.41) is 2.91. The number of ether oxygens (including phenoxy) is 2. The number of amides is 1. The third-order valence-corrected chi connectivity index (χ3v) is 4.41. The second-order valence-corrected chi connectivity index (χ2v) is 6.09. The van der Waals surface area contributed by atoms with E-state index < -0.39 is 0 Å². The summed E-state index contributed by atoms with van der Waals surface area (Å²) in [5.74, 6) is 0.892. The van der Waals surface area contributed by atoms with Crippen LogP contribution in [0.5, 0.6) is 11.5 Å². The Kier molecular flexibility index (Phi) is 5.70. The van der Waals surface area contributed by atoms with Crippen molar-refractivity contribution in [1.82, 2.24) is 16.2 Å². The molecule has 2 aromatic carbocycles. The number of methoxy groups -OCH3 is 2. The molecule has 1 aliphatic rings. The molecule has 3 N–H and O–H groups in total. The lowest BCUT2D eigenvalue weighted by Crippen LogP contribution is -2.42. The van der Waals surface area contributed by atoms with Gasteiger partial charge in [-0.3, -0.25) is 4.79 Å². The van der Waals surface area contributed by atoms with Gasteiger partial charge < -0.3 is 14.8 Å². The van der Waals surface area contributed by atoms with E-state index in [9.17, 15) is 9.18 Å². The molecule has 1 fully saturated rings. The molecular weight excluding hydrogens is 337 g/mol. The third kappa shape index (κ3) is 4.12. The summed E-state index contributed by atoms with van der Waals surface area (Å²) >= 11 is 0. The molecule has 3 rings (SSSR count). The summed E-state index contributed by atoms with van der Waals surface area (Å²) in [6.07, 6.45) is 0.587. The Labute approximate surface area is 151 Å². The Bertz CT molecular complexity index is 767. The molecular formula is C19H22FN3O3. The van der Waals surface area contributed by atoms with Gasteiger partial charge in [0.2, 0.25) is 5.91 Å². The average molecular weight is 359 g/mol. The van der Waals surface area contributed by atoms with Gasteiger partial charge in [0.1, 0.15) is 11.9 Å². The molecule has 1 heterocycles. The molecule has 2 unspecified atom stereocenters. The Morgan fingerprint density at radius 2 is 1.85 bits per heavy atom. The average Bonchev–Trinajstić information content (AvgIpc) is 3.16. The summed E-state index contributed by atoms with van der Waals surface area (Å²) in [7, 11) is 3.15. The first-order valence-electron chi connectivity index (χ1n) is 8.36. The molecule has 2 atom stereocenters. The van der Waals surface area contributed by atoms with Crippen molar-refractivity contribution >= 4 is 5.91 Å². The number of hydrogen-bond donors (Lipinski definition) is 3. The number of carbonyl (C=O) groups is 1. The van der Waals surface area contributed by atoms with Gasteiger partial charge in [-0.1, -0.05) is 18.2 Å². The first-order valence-corrected chi connectivity index (χ1v) is 8.36. The Hall–Kier alpha value is -2.64. The topological polar surface area (TPSA) is 71.6 Å². The van der Waals surface area contributed by atoms with Crippen LogP contribution in [0.15, 0.2) is 42.5 Å². The number of nitrogens with one attached hydrogen (secondary N) is 3. The molecule has 0 spiro atoms. The van der Waals surface area contributed by atoms with Crippen molar-refractivity contribution in [3.8, 4) is 11.5 Å². The van der Waals surface area contributed by atoms with E-state index >= 15 is 0 Å². The molecule has 2 aromatic rings. The maximum atomic E-state index is 13.0. The van der Waals surface area contributed by atoms with Crippen molar-refractivity contribution in [2.75, 3.05) is 14.2 Å². The second kappa shape index (κ2) is 8.16. The maximum absolute atomic E-state index is 13.0. The highest BCUT2D eigenvalue weighted by Crippen LogP contribution is 2.27. The van der Waals surface area contributed by atoms with E-state index in [-0.39, 0.29) is 23.8 Å². The quantitative estimate of drug-likeness (QED) is 0.737. The van der Waals surface area contributed by atoms with Crippen LogP contribution in [0.1, 0.15) is 23.6 Å². The molecule has 1 amide bonds. The highest BCUT2D eigenvalue weighted by Gasteiger charge is 2.29. The fourth-order valence-corrected chi connectivity index (χ4v) is 2.94. The number of rotatable bonds is 6. The zero-order valence-electron chi connectivity index (χ0n) is 14.7. The van der Waals surface area contributed by atoms with Gasteiger partial charge in [0.15, 0.2) is 11.5 Å². The fraction of sp³-hybridized carbons (Fsp3) is 0.316. The molecule has 0 bridgehead atoms. The van der Waals surface area contributed by atoms with Crippen LogP contribution in [-0.4, -0.2) is 26.2 Å². The summed E-state index contributed by atoms with van der Waals surface area (Å²) in [4.78, 5) is 12.4. The predicted molar refractivity (Wildman–Crippen MR) is 95.2 cm³/mol. The lowest BCUT2D eigenvalue weighted by molar-refractivity contribution is -0.123. The molecule has 1 saturated heterocycles. The molecule has 7 heteroatoms. The zero-order chi connectivity index (χ0) is 18.5. The van der Waals surface area contributed by atoms with Crippen molar-refractivity contribution in [2.24, 2.45) is 0 Å². The number of hydrazine groups is 1. The molecule has 0 aromatic heterocycles. The van der Waals surface area contributed by atoms with Gasteiger partial charge in [0.25, 0.3) is 0 Å². The van der Waals surface area contributed by atoms with Gasteiger partial charge in [0.05, 0.1) is 14.2 Å². The smallest absolute Gasteiger partial charge is 0.238 e. The van der Waals surface area contributed by atoms with E-state index in [0.29, 0.717) is 24.5 Å². The van der Waals surface area contributed by atoms with Crippen molar-refractivity contribution < 1.29 is 18.7 Å². The number of halogens is 1. The van der Waals surface area contributed by atoms with Crippen LogP contribution in [0.4, 0.5) is 4.39 Å². The monoisotopic (exact) mass is 359 g/mol. The fourth-order valence-electron chi connectivity index (χ4n) is 2.94. The van der Waals surface area contributed by atoms with E-state index in [4.69, 9.17) is 9.47 Å². The third-order valence-electron chi connectivity index (χ3n) is 4.41. The highest BCUT2D eigenvalue weighted by atomic mass is 19.1. The van der Waals surface area contributed by atoms with Crippen LogP contribution < -0.4 is 25.6 Å². The minimum Gasteiger partial charge on any atom is -0.493 e. The maximum Gasteiger partial charge on any atom is 0.238 e. The van der Waals surface area contributed by atoms with E-state index in [1.807, 2.05) is 12.1 Å². The van der Waals surface area contributed by atoms with Crippen LogP contribution in [0.2, 0.25) is 0 Å². The van der Waals surface area contributed by atoms with Gasteiger partial charge in [-0.15, -0.1) is 0 Å². The van der Waals surface area contributed by atoms with Crippen LogP contribution in [-0.2, 0) is 11.3 Å². The van der Waals surface area contributed by atoms with Crippen molar-refractivity contribution in [1.29, 1.82) is 0 Å². The minimum atomic E-state index is -0.356. The predicted octanol–water partition coefficient (Wildman–Crippen LogP) is 2.07. The van der Waals surface area contributed by atoms with Gasteiger partial charge in [-0.2, -0.15) is 0 Å². The molecule has 138 valence electrons. The highest BCUT2D eigenvalue weighted by molar-refractivity contribution is 5.82. The van der Waals surface area contributed by atoms with Crippen molar-refractivity contribution in [3.63, 3.8) is 0 Å². The zero-order valence-corrected chi connectivity index (χ0v) is 14.7. The van der Waals surface area contributed by atoms with Gasteiger partial charge in [0, 0.05) is 12.6 Å². The SMILES string of the molecule is COc1ccc(CNC(=O)C2CC(c3ccc(F)cc3)NN2)cc1OC. The number of carbonyl (C=O) groups excluding carboxylic acids is 1. The molecule has 26 heavy (non-hydrogen) atoms. The molecule has 0 aliphatic carbocycles. The standard InChI is InChI=1S/C19H22FN3O3/c1-25-17-8-3-12(9-18(17)26-2)11-21-19(24)16-10-15(22-23-16)13-4-6-14(20)7-5-13/h3-9,15-16,22-23H,10-11H2,1-2H3,(H,21,24). The summed E-state index contributed by atoms with van der Waals surface area (Å²) in [6.45, 7) is 0.387. The largest absolute Gasteiger partial charge is 0.493 e. The van der Waals surface area contributed by atoms with E-state index in [1.165, 1.54) is 12.1 Å². The normalized spacial score (nSPS) is 19.2. The minimum absolute atomic E-state index is 0.0348. The van der Waals surface area contributed by atoms with E-state index in [2.05, 4.69) is 16.2 Å². The number of benzene rings is 2. The van der Waals surface area contributed by atoms with E-state index in [1.54, 1.807) is 32.4 Å². The first-order chi connectivity index (χ1) is 12.6. The Balaban J connectivity index is 1.55. The lowest BCUT2D eigenvalue weighted by atomic mass is 10.0. The molecule has 0 saturated carbocycles. The van der Waals surface area contributed by atoms with Crippen molar-refractivity contribution in [3.05, 3.63) is 59.4 Å². The number of hydrogen-bond acceptors (Lipinski definition) is 5. The summed E-state index contributed by atoms with van der Waals surface area (Å²) in [6, 6.07) is 11.4. The van der Waals surface area contributed by atoms with E-state index in [0.717, 1.165) is 11.1 Å². The lowest BCUT2D eigenvalue weighted by Gasteiger charge is -2.12. The van der Waals surface area contributed by atoms with Gasteiger partial charge in [-0.25, -0.2) is 15.2 Å². The first kappa shape index (κ1) is 18.2. The molecule has 6 nitrogen and oxygen atoms in total. The van der Waals surface area contributed by atoms with Gasteiger partial charge in [-0.05, 0) is 41.8 Å². The Morgan fingerprint density at radius 1 is 1.12 bits per heavy atom. The van der Waals surface area contributed by atoms with Crippen LogP contribution >= 0.6 is 0 Å². The summed E-state index contributed by atoms with van der Waals surface area (Å²) < 4.78 is 23.5. The van der Waals surface area contributed by atoms with Gasteiger partial charge >= 0.3 is 0 Å². The van der Waals surface area contributed by atoms with Crippen molar-refractivity contribution in [2.45, 2.75) is 25.0 Å².